The number of para-hydroxylation sites is 1. The molecule has 0 aliphatic heterocycles. The van der Waals surface area contributed by atoms with Crippen LogP contribution in [0, 0.1) is 0 Å². The minimum atomic E-state index is -4.82. The van der Waals surface area contributed by atoms with Crippen molar-refractivity contribution in [3.05, 3.63) is 30.3 Å². The molecule has 0 heterocycles. The summed E-state index contributed by atoms with van der Waals surface area (Å²) in [6.07, 6.45) is 0. The second kappa shape index (κ2) is 5.20. The number of rotatable bonds is 0. The first kappa shape index (κ1) is 12.4. The van der Waals surface area contributed by atoms with E-state index in [0.717, 1.165) is 5.69 Å². The van der Waals surface area contributed by atoms with E-state index >= 15 is 0 Å². The van der Waals surface area contributed by atoms with Gasteiger partial charge < -0.3 is 10.8 Å². The molecule has 1 rings (SSSR count). The first-order valence-corrected chi connectivity index (χ1v) is 4.79. The Labute approximate surface area is 80.7 Å². The van der Waals surface area contributed by atoms with Gasteiger partial charge in [0.1, 0.15) is 0 Å². The molecule has 4 N–H and O–H groups in total. The maximum Gasteiger partial charge on any atom is 0.449 e. The van der Waals surface area contributed by atoms with Gasteiger partial charge in [0.15, 0.2) is 0 Å². The summed E-state index contributed by atoms with van der Waals surface area (Å²) in [5.74, 6) is 0. The zero-order chi connectivity index (χ0) is 11.2. The fraction of sp³-hybridized carbons (Fsp3) is 0. The SMILES string of the molecule is Nc1ccccc1.O=C(O)S(=O)(=O)O. The molecule has 0 radical (unpaired) electrons. The average Bonchev–Trinajstić information content (AvgIpc) is 2.04. The van der Waals surface area contributed by atoms with Gasteiger partial charge in [0, 0.05) is 5.69 Å². The highest BCUT2D eigenvalue weighted by molar-refractivity contribution is 8.00. The summed E-state index contributed by atoms with van der Waals surface area (Å²) in [6.45, 7) is 0. The predicted molar refractivity (Wildman–Crippen MR) is 50.4 cm³/mol. The van der Waals surface area contributed by atoms with Crippen LogP contribution in [0.3, 0.4) is 0 Å². The lowest BCUT2D eigenvalue weighted by Gasteiger charge is -1.83. The predicted octanol–water partition coefficient (Wildman–Crippen LogP) is 0.821. The van der Waals surface area contributed by atoms with E-state index in [1.54, 1.807) is 0 Å². The number of hydrogen-bond acceptors (Lipinski definition) is 4. The minimum absolute atomic E-state index is 0.822. The molecule has 0 aliphatic carbocycles. The van der Waals surface area contributed by atoms with Crippen molar-refractivity contribution < 1.29 is 22.9 Å². The summed E-state index contributed by atoms with van der Waals surface area (Å²) in [7, 11) is -4.82. The van der Waals surface area contributed by atoms with Gasteiger partial charge in [0.25, 0.3) is 0 Å². The number of benzene rings is 1. The van der Waals surface area contributed by atoms with Crippen LogP contribution < -0.4 is 5.73 Å². The van der Waals surface area contributed by atoms with Gasteiger partial charge in [-0.25, -0.2) is 4.79 Å². The van der Waals surface area contributed by atoms with Crippen LogP contribution in [0.1, 0.15) is 0 Å². The van der Waals surface area contributed by atoms with Gasteiger partial charge in [-0.05, 0) is 12.1 Å². The largest absolute Gasteiger partial charge is 0.468 e. The van der Waals surface area contributed by atoms with Crippen LogP contribution in [0.25, 0.3) is 0 Å². The summed E-state index contributed by atoms with van der Waals surface area (Å²) in [5.41, 5.74) is 6.18. The van der Waals surface area contributed by atoms with Gasteiger partial charge in [0.05, 0.1) is 0 Å². The molecule has 1 aromatic carbocycles. The molecule has 0 unspecified atom stereocenters. The van der Waals surface area contributed by atoms with Crippen molar-refractivity contribution in [1.29, 1.82) is 0 Å². The molecule has 0 aromatic heterocycles. The lowest BCUT2D eigenvalue weighted by atomic mass is 10.3. The highest BCUT2D eigenvalue weighted by Crippen LogP contribution is 1.95. The van der Waals surface area contributed by atoms with Crippen molar-refractivity contribution in [3.63, 3.8) is 0 Å². The number of carboxylic acid groups (broad SMARTS) is 1. The number of nitrogens with two attached hydrogens (primary N) is 1. The maximum absolute atomic E-state index is 9.29. The van der Waals surface area contributed by atoms with E-state index in [2.05, 4.69) is 0 Å². The Morgan fingerprint density at radius 1 is 1.21 bits per heavy atom. The highest BCUT2D eigenvalue weighted by atomic mass is 32.2. The minimum Gasteiger partial charge on any atom is -0.468 e. The molecule has 0 atom stereocenters. The summed E-state index contributed by atoms with van der Waals surface area (Å²) in [4.78, 5) is 9.18. The first-order chi connectivity index (χ1) is 6.34. The molecule has 14 heavy (non-hydrogen) atoms. The van der Waals surface area contributed by atoms with Gasteiger partial charge in [-0.3, -0.25) is 4.55 Å². The molecular weight excluding hydrogens is 210 g/mol. The van der Waals surface area contributed by atoms with Crippen LogP contribution in [-0.2, 0) is 10.1 Å². The van der Waals surface area contributed by atoms with Crippen LogP contribution in [-0.4, -0.2) is 23.4 Å². The molecular formula is C7H9NO5S. The summed E-state index contributed by atoms with van der Waals surface area (Å²) >= 11 is 0. The van der Waals surface area contributed by atoms with Crippen LogP contribution in [0.5, 0.6) is 0 Å². The van der Waals surface area contributed by atoms with Crippen molar-refractivity contribution in [2.45, 2.75) is 0 Å². The topological polar surface area (TPSA) is 118 Å². The quantitative estimate of drug-likeness (QED) is 0.439. The monoisotopic (exact) mass is 219 g/mol. The van der Waals surface area contributed by atoms with Gasteiger partial charge in [0.2, 0.25) is 0 Å². The normalized spacial score (nSPS) is 9.79. The smallest absolute Gasteiger partial charge is 0.449 e. The summed E-state index contributed by atoms with van der Waals surface area (Å²) in [5, 5.41) is 5.18. The summed E-state index contributed by atoms with van der Waals surface area (Å²) < 4.78 is 26.0. The van der Waals surface area contributed by atoms with Crippen LogP contribution in [0.15, 0.2) is 30.3 Å². The Balaban J connectivity index is 0.000000241. The van der Waals surface area contributed by atoms with Gasteiger partial charge >= 0.3 is 15.4 Å². The molecule has 0 fully saturated rings. The molecule has 0 saturated heterocycles. The molecule has 6 nitrogen and oxygen atoms in total. The fourth-order valence-electron chi connectivity index (χ4n) is 0.453. The van der Waals surface area contributed by atoms with E-state index in [1.165, 1.54) is 0 Å². The van der Waals surface area contributed by atoms with E-state index < -0.39 is 15.4 Å². The van der Waals surface area contributed by atoms with Crippen LogP contribution in [0.4, 0.5) is 10.5 Å². The zero-order valence-electron chi connectivity index (χ0n) is 6.99. The second-order valence-corrected chi connectivity index (χ2v) is 3.45. The van der Waals surface area contributed by atoms with E-state index in [0.29, 0.717) is 0 Å². The van der Waals surface area contributed by atoms with E-state index in [4.69, 9.17) is 15.4 Å². The third-order valence-corrected chi connectivity index (χ3v) is 1.46. The Morgan fingerprint density at radius 2 is 1.57 bits per heavy atom. The molecule has 7 heteroatoms. The molecule has 0 saturated carbocycles. The van der Waals surface area contributed by atoms with Gasteiger partial charge in [-0.1, -0.05) is 18.2 Å². The standard InChI is InChI=1S/C6H7N.CH2O5S/c7-6-4-2-1-3-5-6;2-1(3)7(4,5)6/h1-5H,7H2;(H,2,3)(H,4,5,6). The van der Waals surface area contributed by atoms with Crippen molar-refractivity contribution in [2.24, 2.45) is 0 Å². The van der Waals surface area contributed by atoms with Crippen molar-refractivity contribution in [2.75, 3.05) is 5.73 Å². The van der Waals surface area contributed by atoms with E-state index in [1.807, 2.05) is 30.3 Å². The molecule has 1 aromatic rings. The first-order valence-electron chi connectivity index (χ1n) is 3.35. The van der Waals surface area contributed by atoms with E-state index in [9.17, 15) is 13.2 Å². The maximum atomic E-state index is 9.29. The number of carbonyl (C=O) groups is 1. The third kappa shape index (κ3) is 5.98. The lowest BCUT2D eigenvalue weighted by Crippen LogP contribution is -2.08. The van der Waals surface area contributed by atoms with Gasteiger partial charge in [-0.15, -0.1) is 0 Å². The Morgan fingerprint density at radius 3 is 1.71 bits per heavy atom. The number of anilines is 1. The Bertz CT molecular complexity index is 386. The van der Waals surface area contributed by atoms with E-state index in [-0.39, 0.29) is 0 Å². The second-order valence-electron chi connectivity index (χ2n) is 2.15. The van der Waals surface area contributed by atoms with Gasteiger partial charge in [-0.2, -0.15) is 8.42 Å². The Hall–Kier alpha value is -1.60. The van der Waals surface area contributed by atoms with Crippen molar-refractivity contribution >= 4 is 21.1 Å². The number of hydrogen-bond donors (Lipinski definition) is 3. The fourth-order valence-corrected chi connectivity index (χ4v) is 0.453. The molecule has 0 amide bonds. The van der Waals surface area contributed by atoms with Crippen molar-refractivity contribution in [1.82, 2.24) is 0 Å². The van der Waals surface area contributed by atoms with Crippen molar-refractivity contribution in [3.8, 4) is 0 Å². The lowest BCUT2D eigenvalue weighted by molar-refractivity contribution is 0.216. The third-order valence-electron chi connectivity index (χ3n) is 1.02. The number of nitrogen functional groups attached to an aromatic ring is 1. The summed E-state index contributed by atoms with van der Waals surface area (Å²) in [6, 6.07) is 9.49. The molecule has 0 aliphatic rings. The molecule has 78 valence electrons. The average molecular weight is 219 g/mol. The zero-order valence-corrected chi connectivity index (χ0v) is 7.81. The van der Waals surface area contributed by atoms with Crippen LogP contribution in [0.2, 0.25) is 0 Å². The highest BCUT2D eigenvalue weighted by Gasteiger charge is 2.14. The Kier molecular flexibility index (Phi) is 4.60. The van der Waals surface area contributed by atoms with Crippen LogP contribution >= 0.6 is 0 Å². The molecule has 0 bridgehead atoms. The molecule has 0 spiro atoms.